The minimum atomic E-state index is -1.41. The van der Waals surface area contributed by atoms with Crippen LogP contribution in [0.1, 0.15) is 43.2 Å². The van der Waals surface area contributed by atoms with Gasteiger partial charge in [0.2, 0.25) is 5.91 Å². The summed E-state index contributed by atoms with van der Waals surface area (Å²) in [5.41, 5.74) is 3.05. The van der Waals surface area contributed by atoms with E-state index in [0.717, 1.165) is 22.3 Å². The zero-order valence-electron chi connectivity index (χ0n) is 19.5. The topological polar surface area (TPSA) is 105 Å². The number of carboxylic acids is 1. The Balaban J connectivity index is 1.43. The van der Waals surface area contributed by atoms with Crippen LogP contribution in [0.5, 0.6) is 0 Å². The second-order valence-corrected chi connectivity index (χ2v) is 8.79. The molecule has 0 radical (unpaired) electrons. The van der Waals surface area contributed by atoms with Crippen molar-refractivity contribution in [2.75, 3.05) is 26.9 Å². The van der Waals surface area contributed by atoms with Gasteiger partial charge in [-0.2, -0.15) is 0 Å². The SMILES string of the molecule is CC[C@H](NC(=O)OCC1c2ccccc2-c2ccccc21)C(=O)N1CCCC1(COC)C(=O)O. The van der Waals surface area contributed by atoms with E-state index in [1.165, 1.54) is 12.0 Å². The fourth-order valence-corrected chi connectivity index (χ4v) is 5.18. The number of aliphatic carboxylic acids is 1. The van der Waals surface area contributed by atoms with Crippen molar-refractivity contribution < 1.29 is 29.0 Å². The van der Waals surface area contributed by atoms with Crippen molar-refractivity contribution in [1.82, 2.24) is 10.2 Å². The highest BCUT2D eigenvalue weighted by Crippen LogP contribution is 2.44. The summed E-state index contributed by atoms with van der Waals surface area (Å²) < 4.78 is 10.7. The van der Waals surface area contributed by atoms with Gasteiger partial charge >= 0.3 is 12.1 Å². The zero-order valence-corrected chi connectivity index (χ0v) is 19.5. The molecule has 2 N–H and O–H groups in total. The number of benzene rings is 2. The monoisotopic (exact) mass is 466 g/mol. The van der Waals surface area contributed by atoms with Crippen LogP contribution in [0.2, 0.25) is 0 Å². The molecule has 0 bridgehead atoms. The van der Waals surface area contributed by atoms with Gasteiger partial charge in [0, 0.05) is 19.6 Å². The summed E-state index contributed by atoms with van der Waals surface area (Å²) in [6.07, 6.45) is 0.475. The number of hydrogen-bond donors (Lipinski definition) is 2. The Labute approximate surface area is 198 Å². The second-order valence-electron chi connectivity index (χ2n) is 8.79. The molecule has 8 nitrogen and oxygen atoms in total. The van der Waals surface area contributed by atoms with Crippen LogP contribution in [-0.4, -0.2) is 66.4 Å². The maximum Gasteiger partial charge on any atom is 0.407 e. The summed E-state index contributed by atoms with van der Waals surface area (Å²) in [5.74, 6) is -1.63. The fourth-order valence-electron chi connectivity index (χ4n) is 5.18. The second kappa shape index (κ2) is 9.85. The predicted molar refractivity (Wildman–Crippen MR) is 125 cm³/mol. The van der Waals surface area contributed by atoms with Crippen LogP contribution < -0.4 is 5.32 Å². The molecule has 0 spiro atoms. The van der Waals surface area contributed by atoms with Crippen LogP contribution in [0.3, 0.4) is 0 Å². The molecule has 2 aromatic rings. The minimum Gasteiger partial charge on any atom is -0.479 e. The highest BCUT2D eigenvalue weighted by Gasteiger charge is 2.51. The molecule has 4 rings (SSSR count). The number of carbonyl (C=O) groups excluding carboxylic acids is 2. The molecule has 0 aromatic heterocycles. The van der Waals surface area contributed by atoms with Gasteiger partial charge in [0.05, 0.1) is 6.61 Å². The number of ether oxygens (including phenoxy) is 2. The highest BCUT2D eigenvalue weighted by molar-refractivity contribution is 5.92. The lowest BCUT2D eigenvalue weighted by Crippen LogP contribution is -2.60. The van der Waals surface area contributed by atoms with E-state index >= 15 is 0 Å². The minimum absolute atomic E-state index is 0.0890. The number of rotatable bonds is 8. The van der Waals surface area contributed by atoms with E-state index in [9.17, 15) is 19.5 Å². The number of hydrogen-bond acceptors (Lipinski definition) is 5. The first-order valence-electron chi connectivity index (χ1n) is 11.6. The number of amides is 2. The van der Waals surface area contributed by atoms with Gasteiger partial charge in [-0.1, -0.05) is 55.5 Å². The largest absolute Gasteiger partial charge is 0.479 e. The molecule has 1 fully saturated rings. The molecule has 2 amide bonds. The molecule has 34 heavy (non-hydrogen) atoms. The summed E-state index contributed by atoms with van der Waals surface area (Å²) in [6, 6.07) is 15.2. The third-order valence-electron chi connectivity index (χ3n) is 6.88. The van der Waals surface area contributed by atoms with E-state index in [1.807, 2.05) is 36.4 Å². The van der Waals surface area contributed by atoms with Crippen molar-refractivity contribution in [2.24, 2.45) is 0 Å². The van der Waals surface area contributed by atoms with E-state index in [1.54, 1.807) is 6.92 Å². The summed E-state index contributed by atoms with van der Waals surface area (Å²) in [7, 11) is 1.41. The van der Waals surface area contributed by atoms with Gasteiger partial charge in [0.1, 0.15) is 12.6 Å². The van der Waals surface area contributed by atoms with E-state index in [4.69, 9.17) is 9.47 Å². The molecular weight excluding hydrogens is 436 g/mol. The van der Waals surface area contributed by atoms with E-state index in [2.05, 4.69) is 17.4 Å². The van der Waals surface area contributed by atoms with Gasteiger partial charge in [0.15, 0.2) is 5.54 Å². The van der Waals surface area contributed by atoms with Crippen LogP contribution in [-0.2, 0) is 19.1 Å². The first-order chi connectivity index (χ1) is 16.4. The number of fused-ring (bicyclic) bond motifs is 3. The van der Waals surface area contributed by atoms with Crippen molar-refractivity contribution in [3.05, 3.63) is 59.7 Å². The van der Waals surface area contributed by atoms with Crippen LogP contribution >= 0.6 is 0 Å². The molecule has 1 saturated heterocycles. The number of likely N-dealkylation sites (tertiary alicyclic amines) is 1. The summed E-state index contributed by atoms with van der Waals surface area (Å²) >= 11 is 0. The van der Waals surface area contributed by atoms with Gasteiger partial charge in [-0.05, 0) is 41.5 Å². The molecule has 2 aliphatic rings. The molecule has 1 heterocycles. The molecule has 2 atom stereocenters. The maximum atomic E-state index is 13.2. The van der Waals surface area contributed by atoms with Crippen LogP contribution in [0.4, 0.5) is 4.79 Å². The van der Waals surface area contributed by atoms with Crippen molar-refractivity contribution in [3.8, 4) is 11.1 Å². The zero-order chi connectivity index (χ0) is 24.3. The van der Waals surface area contributed by atoms with Gasteiger partial charge in [0.25, 0.3) is 0 Å². The number of carboxylic acid groups (broad SMARTS) is 1. The third-order valence-corrected chi connectivity index (χ3v) is 6.88. The van der Waals surface area contributed by atoms with Crippen LogP contribution in [0.25, 0.3) is 11.1 Å². The number of carbonyl (C=O) groups is 3. The number of nitrogens with zero attached hydrogens (tertiary/aromatic N) is 1. The molecule has 180 valence electrons. The molecule has 1 aliphatic carbocycles. The van der Waals surface area contributed by atoms with Crippen molar-refractivity contribution in [2.45, 2.75) is 43.7 Å². The molecular formula is C26H30N2O6. The Hall–Kier alpha value is -3.39. The summed E-state index contributed by atoms with van der Waals surface area (Å²) in [6.45, 7) is 2.10. The summed E-state index contributed by atoms with van der Waals surface area (Å²) in [4.78, 5) is 39.3. The van der Waals surface area contributed by atoms with Gasteiger partial charge in [-0.3, -0.25) is 4.79 Å². The molecule has 8 heteroatoms. The molecule has 2 aromatic carbocycles. The first-order valence-corrected chi connectivity index (χ1v) is 11.6. The number of alkyl carbamates (subject to hydrolysis) is 1. The Kier molecular flexibility index (Phi) is 6.88. The van der Waals surface area contributed by atoms with Gasteiger partial charge in [-0.25, -0.2) is 9.59 Å². The van der Waals surface area contributed by atoms with Gasteiger partial charge in [-0.15, -0.1) is 0 Å². The van der Waals surface area contributed by atoms with Crippen molar-refractivity contribution >= 4 is 18.0 Å². The maximum absolute atomic E-state index is 13.2. The predicted octanol–water partition coefficient (Wildman–Crippen LogP) is 3.40. The van der Waals surface area contributed by atoms with E-state index in [0.29, 0.717) is 25.8 Å². The molecule has 1 unspecified atom stereocenters. The van der Waals surface area contributed by atoms with E-state index < -0.39 is 29.6 Å². The third kappa shape index (κ3) is 4.14. The average Bonchev–Trinajstić information content (AvgIpc) is 3.41. The van der Waals surface area contributed by atoms with E-state index in [-0.39, 0.29) is 19.1 Å². The Bertz CT molecular complexity index is 1040. The lowest BCUT2D eigenvalue weighted by atomic mass is 9.96. The van der Waals surface area contributed by atoms with Crippen molar-refractivity contribution in [3.63, 3.8) is 0 Å². The normalized spacial score (nSPS) is 19.9. The lowest BCUT2D eigenvalue weighted by Gasteiger charge is -2.36. The van der Waals surface area contributed by atoms with Crippen LogP contribution in [0.15, 0.2) is 48.5 Å². The number of nitrogens with one attached hydrogen (secondary N) is 1. The van der Waals surface area contributed by atoms with Crippen molar-refractivity contribution in [1.29, 1.82) is 0 Å². The molecule has 0 saturated carbocycles. The highest BCUT2D eigenvalue weighted by atomic mass is 16.5. The smallest absolute Gasteiger partial charge is 0.407 e. The first kappa shape index (κ1) is 23.8. The number of methoxy groups -OCH3 is 1. The standard InChI is InChI=1S/C26H30N2O6/c1-3-22(23(29)28-14-8-13-26(28,16-33-2)24(30)31)27-25(32)34-15-21-19-11-6-4-9-17(19)18-10-5-7-12-20(18)21/h4-7,9-12,21-22H,3,8,13-16H2,1-2H3,(H,27,32)(H,30,31)/t22-,26?/m0/s1. The quantitative estimate of drug-likeness (QED) is 0.618. The Morgan fingerprint density at radius 2 is 1.74 bits per heavy atom. The Morgan fingerprint density at radius 1 is 1.12 bits per heavy atom. The fraction of sp³-hybridized carbons (Fsp3) is 0.423. The lowest BCUT2D eigenvalue weighted by molar-refractivity contribution is -0.161. The average molecular weight is 467 g/mol. The summed E-state index contributed by atoms with van der Waals surface area (Å²) in [5, 5.41) is 12.5. The van der Waals surface area contributed by atoms with Crippen LogP contribution in [0, 0.1) is 0 Å². The van der Waals surface area contributed by atoms with Gasteiger partial charge < -0.3 is 24.8 Å². The Morgan fingerprint density at radius 3 is 2.29 bits per heavy atom. The molecule has 1 aliphatic heterocycles.